The second-order valence-electron chi connectivity index (χ2n) is 7.48. The topological polar surface area (TPSA) is 66.6 Å². The van der Waals surface area contributed by atoms with E-state index in [2.05, 4.69) is 17.1 Å². The molecule has 0 aliphatic rings. The van der Waals surface area contributed by atoms with Gasteiger partial charge in [-0.3, -0.25) is 4.98 Å². The quantitative estimate of drug-likeness (QED) is 0.318. The Balaban J connectivity index is 1.68. The van der Waals surface area contributed by atoms with Crippen LogP contribution in [0.1, 0.15) is 13.8 Å². The van der Waals surface area contributed by atoms with Gasteiger partial charge in [0, 0.05) is 29.1 Å². The van der Waals surface area contributed by atoms with E-state index in [1.165, 1.54) is 0 Å². The van der Waals surface area contributed by atoms with Crippen molar-refractivity contribution in [2.45, 2.75) is 13.8 Å². The summed E-state index contributed by atoms with van der Waals surface area (Å²) in [6.07, 6.45) is 1.80. The second-order valence-corrected chi connectivity index (χ2v) is 7.48. The molecule has 0 unspecified atom stereocenters. The van der Waals surface area contributed by atoms with Crippen LogP contribution in [0.5, 0.6) is 17.2 Å². The molecule has 4 aromatic rings. The molecule has 0 spiro atoms. The minimum Gasteiger partial charge on any atom is -0.497 e. The molecule has 0 fully saturated rings. The molecule has 0 amide bonds. The minimum atomic E-state index is 0.558. The Morgan fingerprint density at radius 2 is 1.39 bits per heavy atom. The highest BCUT2D eigenvalue weighted by Gasteiger charge is 2.12. The van der Waals surface area contributed by atoms with Crippen LogP contribution < -0.4 is 19.9 Å². The van der Waals surface area contributed by atoms with Crippen molar-refractivity contribution in [1.82, 2.24) is 4.98 Å². The molecule has 5 nitrogen and oxygen atoms in total. The predicted octanol–water partition coefficient (Wildman–Crippen LogP) is 6.47. The summed E-state index contributed by atoms with van der Waals surface area (Å²) >= 11 is 0. The molecular weight excluding hydrogens is 412 g/mol. The van der Waals surface area contributed by atoms with Crippen LogP contribution >= 0.6 is 0 Å². The van der Waals surface area contributed by atoms with Crippen LogP contribution in [0.25, 0.3) is 33.5 Å². The molecule has 0 radical (unpaired) electrons. The lowest BCUT2D eigenvalue weighted by atomic mass is 9.97. The molecule has 0 saturated carbocycles. The number of nitrogens with two attached hydrogens (primary N) is 1. The summed E-state index contributed by atoms with van der Waals surface area (Å²) < 4.78 is 16.8. The van der Waals surface area contributed by atoms with Crippen molar-refractivity contribution >= 4 is 5.69 Å². The summed E-state index contributed by atoms with van der Waals surface area (Å²) in [5, 5.41) is 0. The highest BCUT2D eigenvalue weighted by atomic mass is 16.5. The Kier molecular flexibility index (Phi) is 6.79. The number of anilines is 1. The summed E-state index contributed by atoms with van der Waals surface area (Å²) in [5.41, 5.74) is 13.0. The number of methoxy groups -OCH3 is 1. The zero-order valence-corrected chi connectivity index (χ0v) is 19.2. The van der Waals surface area contributed by atoms with Crippen LogP contribution in [0.15, 0.2) is 79.0 Å². The Bertz CT molecular complexity index is 1240. The second kappa shape index (κ2) is 10.1. The number of hydrogen-bond acceptors (Lipinski definition) is 5. The molecule has 4 rings (SSSR count). The van der Waals surface area contributed by atoms with Gasteiger partial charge in [-0.2, -0.15) is 0 Å². The Hall–Kier alpha value is -3.99. The van der Waals surface area contributed by atoms with Gasteiger partial charge in [0.15, 0.2) is 0 Å². The average molecular weight is 441 g/mol. The fraction of sp³-hybridized carbons (Fsp3) is 0.179. The number of nitrogen functional groups attached to an aromatic ring is 1. The van der Waals surface area contributed by atoms with Crippen LogP contribution in [-0.4, -0.2) is 25.3 Å². The van der Waals surface area contributed by atoms with Gasteiger partial charge in [-0.15, -0.1) is 0 Å². The third kappa shape index (κ3) is 4.93. The predicted molar refractivity (Wildman–Crippen MR) is 134 cm³/mol. The van der Waals surface area contributed by atoms with E-state index >= 15 is 0 Å². The summed E-state index contributed by atoms with van der Waals surface area (Å²) in [5.74, 6) is 2.35. The lowest BCUT2D eigenvalue weighted by molar-refractivity contribution is 0.324. The maximum absolute atomic E-state index is 6.48. The van der Waals surface area contributed by atoms with Gasteiger partial charge in [-0.1, -0.05) is 24.3 Å². The van der Waals surface area contributed by atoms with E-state index in [1.807, 2.05) is 74.5 Å². The summed E-state index contributed by atoms with van der Waals surface area (Å²) in [6, 6.07) is 23.9. The van der Waals surface area contributed by atoms with Gasteiger partial charge in [0.05, 0.1) is 26.0 Å². The van der Waals surface area contributed by atoms with Gasteiger partial charge in [0.1, 0.15) is 17.2 Å². The maximum Gasteiger partial charge on any atom is 0.132 e. The molecule has 0 aliphatic carbocycles. The van der Waals surface area contributed by atoms with Crippen molar-refractivity contribution in [1.29, 1.82) is 0 Å². The minimum absolute atomic E-state index is 0.558. The smallest absolute Gasteiger partial charge is 0.132 e. The van der Waals surface area contributed by atoms with Crippen molar-refractivity contribution in [3.05, 3.63) is 79.0 Å². The summed E-state index contributed by atoms with van der Waals surface area (Å²) in [4.78, 5) is 4.59. The van der Waals surface area contributed by atoms with E-state index in [0.29, 0.717) is 18.9 Å². The average Bonchev–Trinajstić information content (AvgIpc) is 2.85. The third-order valence-electron chi connectivity index (χ3n) is 5.39. The molecule has 0 atom stereocenters. The molecule has 33 heavy (non-hydrogen) atoms. The first kappa shape index (κ1) is 22.2. The molecule has 2 N–H and O–H groups in total. The van der Waals surface area contributed by atoms with E-state index in [-0.39, 0.29) is 0 Å². The molecular formula is C28H28N2O3. The molecule has 168 valence electrons. The highest BCUT2D eigenvalue weighted by Crippen LogP contribution is 2.36. The molecule has 1 heterocycles. The monoisotopic (exact) mass is 440 g/mol. The van der Waals surface area contributed by atoms with E-state index in [1.54, 1.807) is 13.3 Å². The highest BCUT2D eigenvalue weighted by molar-refractivity contribution is 5.83. The van der Waals surface area contributed by atoms with Gasteiger partial charge in [-0.05, 0) is 73.0 Å². The number of pyridine rings is 1. The van der Waals surface area contributed by atoms with Crippen molar-refractivity contribution in [2.75, 3.05) is 26.1 Å². The number of hydrogen-bond donors (Lipinski definition) is 1. The lowest BCUT2D eigenvalue weighted by Crippen LogP contribution is -1.98. The molecule has 0 aliphatic heterocycles. The van der Waals surface area contributed by atoms with E-state index in [4.69, 9.17) is 19.9 Å². The van der Waals surface area contributed by atoms with Crippen LogP contribution in [-0.2, 0) is 0 Å². The first-order valence-corrected chi connectivity index (χ1v) is 11.0. The zero-order valence-electron chi connectivity index (χ0n) is 19.2. The summed E-state index contributed by atoms with van der Waals surface area (Å²) in [7, 11) is 1.66. The largest absolute Gasteiger partial charge is 0.497 e. The number of benzene rings is 3. The fourth-order valence-electron chi connectivity index (χ4n) is 3.78. The van der Waals surface area contributed by atoms with Crippen LogP contribution in [0.4, 0.5) is 5.69 Å². The SMILES string of the molecule is CCOc1ccc(-c2cc(-c3ccc(-c4ccc(OC)cc4)cc3N)ccn2)c(OCC)c1. The van der Waals surface area contributed by atoms with Gasteiger partial charge in [-0.25, -0.2) is 0 Å². The normalized spacial score (nSPS) is 10.6. The van der Waals surface area contributed by atoms with Gasteiger partial charge in [0.25, 0.3) is 0 Å². The number of rotatable bonds is 8. The zero-order chi connectivity index (χ0) is 23.2. The summed E-state index contributed by atoms with van der Waals surface area (Å²) in [6.45, 7) is 5.09. The van der Waals surface area contributed by atoms with Gasteiger partial charge in [0.2, 0.25) is 0 Å². The van der Waals surface area contributed by atoms with E-state index in [9.17, 15) is 0 Å². The Morgan fingerprint density at radius 1 is 0.697 bits per heavy atom. The van der Waals surface area contributed by atoms with Gasteiger partial charge < -0.3 is 19.9 Å². The van der Waals surface area contributed by atoms with Crippen LogP contribution in [0, 0.1) is 0 Å². The Morgan fingerprint density at radius 3 is 2.09 bits per heavy atom. The van der Waals surface area contributed by atoms with E-state index < -0.39 is 0 Å². The third-order valence-corrected chi connectivity index (χ3v) is 5.39. The van der Waals surface area contributed by atoms with Crippen molar-refractivity contribution in [3.63, 3.8) is 0 Å². The van der Waals surface area contributed by atoms with Crippen molar-refractivity contribution in [2.24, 2.45) is 0 Å². The maximum atomic E-state index is 6.48. The lowest BCUT2D eigenvalue weighted by Gasteiger charge is -2.14. The van der Waals surface area contributed by atoms with E-state index in [0.717, 1.165) is 50.8 Å². The molecule has 3 aromatic carbocycles. The fourth-order valence-corrected chi connectivity index (χ4v) is 3.78. The first-order valence-electron chi connectivity index (χ1n) is 11.0. The molecule has 0 saturated heterocycles. The molecule has 1 aromatic heterocycles. The van der Waals surface area contributed by atoms with Gasteiger partial charge >= 0.3 is 0 Å². The first-order chi connectivity index (χ1) is 16.1. The number of aromatic nitrogens is 1. The standard InChI is InChI=1S/C28H28N2O3/c1-4-32-23-11-13-25(28(18-23)33-5-2)27-17-21(14-15-30-27)24-12-8-20(16-26(24)29)19-6-9-22(31-3)10-7-19/h6-18H,4-5,29H2,1-3H3. The molecule has 5 heteroatoms. The van der Waals surface area contributed by atoms with Crippen molar-refractivity contribution < 1.29 is 14.2 Å². The molecule has 0 bridgehead atoms. The van der Waals surface area contributed by atoms with Crippen LogP contribution in [0.3, 0.4) is 0 Å². The Labute approximate surface area is 194 Å². The number of nitrogens with zero attached hydrogens (tertiary/aromatic N) is 1. The van der Waals surface area contributed by atoms with Crippen molar-refractivity contribution in [3.8, 4) is 50.8 Å². The van der Waals surface area contributed by atoms with Crippen LogP contribution in [0.2, 0.25) is 0 Å². The number of ether oxygens (including phenoxy) is 3.